The molecule has 9 heteroatoms. The third kappa shape index (κ3) is 3.77. The highest BCUT2D eigenvalue weighted by atomic mass is 32.2. The predicted octanol–water partition coefficient (Wildman–Crippen LogP) is 3.98. The fourth-order valence-corrected chi connectivity index (χ4v) is 3.16. The summed E-state index contributed by atoms with van der Waals surface area (Å²) in [7, 11) is 0. The van der Waals surface area contributed by atoms with E-state index in [1.54, 1.807) is 12.1 Å². The van der Waals surface area contributed by atoms with E-state index < -0.39 is 17.0 Å². The lowest BCUT2D eigenvalue weighted by molar-refractivity contribution is -0.134. The molecule has 0 fully saturated rings. The molecule has 2 aromatic heterocycles. The van der Waals surface area contributed by atoms with Crippen molar-refractivity contribution in [1.29, 1.82) is 0 Å². The standard InChI is InChI=1S/C13H12F3N3OS2/c1-7-10(13(14,15)16)22-12(18-7)19-11(20)9-8(6-21-2)4-3-5-17-9/h3-5H,6H2,1-2H3,(H,18,19,20). The number of nitrogens with zero attached hydrogens (tertiary/aromatic N) is 2. The lowest BCUT2D eigenvalue weighted by Crippen LogP contribution is -2.15. The van der Waals surface area contributed by atoms with Crippen LogP contribution in [-0.2, 0) is 11.9 Å². The number of anilines is 1. The van der Waals surface area contributed by atoms with E-state index in [2.05, 4.69) is 15.3 Å². The molecule has 0 saturated carbocycles. The summed E-state index contributed by atoms with van der Waals surface area (Å²) >= 11 is 1.93. The number of alkyl halides is 3. The molecule has 0 unspecified atom stereocenters. The van der Waals surface area contributed by atoms with Crippen molar-refractivity contribution in [3.8, 4) is 0 Å². The lowest BCUT2D eigenvalue weighted by atomic mass is 10.2. The van der Waals surface area contributed by atoms with Crippen LogP contribution >= 0.6 is 23.1 Å². The normalized spacial score (nSPS) is 11.5. The number of thioether (sulfide) groups is 1. The van der Waals surface area contributed by atoms with Crippen LogP contribution in [0.2, 0.25) is 0 Å². The maximum atomic E-state index is 12.7. The Hall–Kier alpha value is -1.61. The van der Waals surface area contributed by atoms with Gasteiger partial charge in [-0.25, -0.2) is 4.98 Å². The number of thiazole rings is 1. The second-order valence-electron chi connectivity index (χ2n) is 4.33. The van der Waals surface area contributed by atoms with Crippen molar-refractivity contribution in [1.82, 2.24) is 9.97 Å². The number of pyridine rings is 1. The van der Waals surface area contributed by atoms with Crippen LogP contribution in [0, 0.1) is 6.92 Å². The first-order valence-electron chi connectivity index (χ1n) is 6.11. The SMILES string of the molecule is CSCc1cccnc1C(=O)Nc1nc(C)c(C(F)(F)F)s1. The Balaban J connectivity index is 2.23. The van der Waals surface area contributed by atoms with Crippen LogP contribution in [0.3, 0.4) is 0 Å². The predicted molar refractivity (Wildman–Crippen MR) is 81.3 cm³/mol. The van der Waals surface area contributed by atoms with Crippen LogP contribution in [0.15, 0.2) is 18.3 Å². The zero-order valence-electron chi connectivity index (χ0n) is 11.7. The van der Waals surface area contributed by atoms with Crippen molar-refractivity contribution in [2.75, 3.05) is 11.6 Å². The Morgan fingerprint density at radius 2 is 2.18 bits per heavy atom. The minimum absolute atomic E-state index is 0.0874. The van der Waals surface area contributed by atoms with Crippen LogP contribution in [0.1, 0.15) is 26.6 Å². The molecule has 0 atom stereocenters. The van der Waals surface area contributed by atoms with E-state index in [9.17, 15) is 18.0 Å². The number of aryl methyl sites for hydroxylation is 1. The fourth-order valence-electron chi connectivity index (χ4n) is 1.78. The summed E-state index contributed by atoms with van der Waals surface area (Å²) in [5, 5.41) is 2.30. The average molecular weight is 347 g/mol. The van der Waals surface area contributed by atoms with Crippen LogP contribution in [0.25, 0.3) is 0 Å². The quantitative estimate of drug-likeness (QED) is 0.909. The molecule has 0 aliphatic carbocycles. The highest BCUT2D eigenvalue weighted by Gasteiger charge is 2.36. The molecule has 0 spiro atoms. The van der Waals surface area contributed by atoms with E-state index >= 15 is 0 Å². The van der Waals surface area contributed by atoms with Crippen LogP contribution in [-0.4, -0.2) is 22.1 Å². The van der Waals surface area contributed by atoms with E-state index in [1.807, 2.05) is 6.26 Å². The fraction of sp³-hybridized carbons (Fsp3) is 0.308. The van der Waals surface area contributed by atoms with Crippen LogP contribution in [0.5, 0.6) is 0 Å². The number of hydrogen-bond acceptors (Lipinski definition) is 5. The molecule has 2 rings (SSSR count). The topological polar surface area (TPSA) is 54.9 Å². The molecule has 2 heterocycles. The molecule has 0 aliphatic heterocycles. The van der Waals surface area contributed by atoms with Crippen molar-refractivity contribution in [2.45, 2.75) is 18.9 Å². The Labute approximate surface area is 133 Å². The summed E-state index contributed by atoms with van der Waals surface area (Å²) < 4.78 is 38.2. The lowest BCUT2D eigenvalue weighted by Gasteiger charge is -2.06. The number of rotatable bonds is 4. The molecular weight excluding hydrogens is 335 g/mol. The van der Waals surface area contributed by atoms with Crippen LogP contribution in [0.4, 0.5) is 18.3 Å². The van der Waals surface area contributed by atoms with E-state index in [1.165, 1.54) is 24.9 Å². The highest BCUT2D eigenvalue weighted by molar-refractivity contribution is 7.97. The third-order valence-electron chi connectivity index (χ3n) is 2.68. The Kier molecular flexibility index (Phi) is 5.07. The molecule has 118 valence electrons. The summed E-state index contributed by atoms with van der Waals surface area (Å²) in [6, 6.07) is 3.46. The van der Waals surface area contributed by atoms with E-state index in [0.717, 1.165) is 5.56 Å². The van der Waals surface area contributed by atoms with Gasteiger partial charge in [0.1, 0.15) is 10.6 Å². The third-order valence-corrected chi connectivity index (χ3v) is 4.40. The number of halogens is 3. The van der Waals surface area contributed by atoms with Gasteiger partial charge in [0.2, 0.25) is 0 Å². The second-order valence-corrected chi connectivity index (χ2v) is 6.19. The first kappa shape index (κ1) is 16.8. The van der Waals surface area contributed by atoms with Crippen LogP contribution < -0.4 is 5.32 Å². The molecule has 0 aliphatic rings. The number of aromatic nitrogens is 2. The van der Waals surface area contributed by atoms with Gasteiger partial charge in [0.15, 0.2) is 5.13 Å². The maximum absolute atomic E-state index is 12.7. The minimum atomic E-state index is -4.47. The summed E-state index contributed by atoms with van der Waals surface area (Å²) in [4.78, 5) is 19.1. The number of nitrogens with one attached hydrogen (secondary N) is 1. The zero-order valence-corrected chi connectivity index (χ0v) is 13.3. The van der Waals surface area contributed by atoms with Gasteiger partial charge in [-0.3, -0.25) is 15.1 Å². The Bertz CT molecular complexity index is 685. The van der Waals surface area contributed by atoms with E-state index in [-0.39, 0.29) is 16.5 Å². The molecule has 0 bridgehead atoms. The number of hydrogen-bond donors (Lipinski definition) is 1. The van der Waals surface area contributed by atoms with Gasteiger partial charge in [-0.2, -0.15) is 24.9 Å². The maximum Gasteiger partial charge on any atom is 0.427 e. The number of carbonyl (C=O) groups excluding carboxylic acids is 1. The summed E-state index contributed by atoms with van der Waals surface area (Å²) in [5.41, 5.74) is 0.758. The molecule has 22 heavy (non-hydrogen) atoms. The Morgan fingerprint density at radius 3 is 2.77 bits per heavy atom. The van der Waals surface area contributed by atoms with Crippen molar-refractivity contribution in [3.63, 3.8) is 0 Å². The summed E-state index contributed by atoms with van der Waals surface area (Å²) in [6.07, 6.45) is -1.12. The van der Waals surface area contributed by atoms with Gasteiger partial charge in [-0.15, -0.1) is 0 Å². The minimum Gasteiger partial charge on any atom is -0.296 e. The van der Waals surface area contributed by atoms with Gasteiger partial charge >= 0.3 is 6.18 Å². The summed E-state index contributed by atoms with van der Waals surface area (Å²) in [5.74, 6) is 0.0218. The molecular formula is C13H12F3N3OS2. The first-order valence-corrected chi connectivity index (χ1v) is 8.32. The zero-order chi connectivity index (χ0) is 16.3. The average Bonchev–Trinajstić information content (AvgIpc) is 2.80. The molecule has 0 aromatic carbocycles. The van der Waals surface area contributed by atoms with Crippen molar-refractivity contribution in [2.24, 2.45) is 0 Å². The summed E-state index contributed by atoms with van der Waals surface area (Å²) in [6.45, 7) is 1.26. The highest BCUT2D eigenvalue weighted by Crippen LogP contribution is 2.37. The van der Waals surface area contributed by atoms with E-state index in [0.29, 0.717) is 17.1 Å². The van der Waals surface area contributed by atoms with Crippen molar-refractivity contribution in [3.05, 3.63) is 40.2 Å². The van der Waals surface area contributed by atoms with Gasteiger partial charge in [0.25, 0.3) is 5.91 Å². The number of carbonyl (C=O) groups is 1. The molecule has 4 nitrogen and oxygen atoms in total. The number of amides is 1. The van der Waals surface area contributed by atoms with Crippen molar-refractivity contribution >= 4 is 34.1 Å². The Morgan fingerprint density at radius 1 is 1.45 bits per heavy atom. The molecule has 0 radical (unpaired) electrons. The molecule has 2 aromatic rings. The largest absolute Gasteiger partial charge is 0.427 e. The molecule has 1 amide bonds. The van der Waals surface area contributed by atoms with Gasteiger partial charge in [-0.1, -0.05) is 17.4 Å². The second kappa shape index (κ2) is 6.66. The monoisotopic (exact) mass is 347 g/mol. The van der Waals surface area contributed by atoms with Gasteiger partial charge in [-0.05, 0) is 24.8 Å². The van der Waals surface area contributed by atoms with Gasteiger partial charge < -0.3 is 0 Å². The van der Waals surface area contributed by atoms with Gasteiger partial charge in [0, 0.05) is 11.9 Å². The van der Waals surface area contributed by atoms with Gasteiger partial charge in [0.05, 0.1) is 5.69 Å². The molecule has 1 N–H and O–H groups in total. The molecule has 0 saturated heterocycles. The first-order chi connectivity index (χ1) is 10.3. The smallest absolute Gasteiger partial charge is 0.296 e. The van der Waals surface area contributed by atoms with Crippen molar-refractivity contribution < 1.29 is 18.0 Å². The van der Waals surface area contributed by atoms with E-state index in [4.69, 9.17) is 0 Å².